The van der Waals surface area contributed by atoms with E-state index in [1.165, 1.54) is 37.0 Å². The van der Waals surface area contributed by atoms with Gasteiger partial charge in [0.25, 0.3) is 0 Å². The van der Waals surface area contributed by atoms with Crippen LogP contribution in [0.4, 0.5) is 0 Å². The van der Waals surface area contributed by atoms with E-state index in [0.717, 1.165) is 17.6 Å². The molecule has 0 unspecified atom stereocenters. The third-order valence-electron chi connectivity index (χ3n) is 2.69. The summed E-state index contributed by atoms with van der Waals surface area (Å²) in [6.45, 7) is 2.12. The highest BCUT2D eigenvalue weighted by atomic mass is 79.9. The third kappa shape index (κ3) is 7.85. The van der Waals surface area contributed by atoms with Crippen LogP contribution >= 0.6 is 27.7 Å². The van der Waals surface area contributed by atoms with Crippen LogP contribution in [0.15, 0.2) is 28.7 Å². The maximum atomic E-state index is 3.49. The lowest BCUT2D eigenvalue weighted by atomic mass is 10.2. The summed E-state index contributed by atoms with van der Waals surface area (Å²) in [6, 6.07) is 8.52. The van der Waals surface area contributed by atoms with Gasteiger partial charge < -0.3 is 5.32 Å². The largest absolute Gasteiger partial charge is 0.313 e. The summed E-state index contributed by atoms with van der Waals surface area (Å²) in [7, 11) is 0. The maximum absolute atomic E-state index is 3.49. The number of nitrogens with one attached hydrogen (secondary N) is 1. The van der Waals surface area contributed by atoms with Crippen molar-refractivity contribution in [3.05, 3.63) is 34.3 Å². The maximum Gasteiger partial charge on any atom is 0.0205 e. The highest BCUT2D eigenvalue weighted by Crippen LogP contribution is 2.10. The highest BCUT2D eigenvalue weighted by Gasteiger charge is 1.93. The van der Waals surface area contributed by atoms with E-state index in [1.54, 1.807) is 0 Å². The first-order valence-corrected chi connectivity index (χ1v) is 8.45. The van der Waals surface area contributed by atoms with E-state index in [4.69, 9.17) is 0 Å². The summed E-state index contributed by atoms with van der Waals surface area (Å²) in [6.07, 6.45) is 7.58. The van der Waals surface area contributed by atoms with Crippen LogP contribution in [-0.2, 0) is 6.54 Å². The molecule has 0 radical (unpaired) electrons. The molecule has 0 aliphatic carbocycles. The molecule has 0 aliphatic heterocycles. The fourth-order valence-electron chi connectivity index (χ4n) is 1.68. The number of benzene rings is 1. The number of halogens is 1. The van der Waals surface area contributed by atoms with Crippen molar-refractivity contribution in [1.82, 2.24) is 5.32 Å². The Hall–Kier alpha value is 0.01000. The van der Waals surface area contributed by atoms with Gasteiger partial charge in [-0.1, -0.05) is 40.9 Å². The Bertz CT molecular complexity index is 287. The molecule has 1 aromatic rings. The molecular formula is C14H22BrNS. The topological polar surface area (TPSA) is 12.0 Å². The molecular weight excluding hydrogens is 294 g/mol. The lowest BCUT2D eigenvalue weighted by Crippen LogP contribution is -2.14. The zero-order valence-electron chi connectivity index (χ0n) is 10.5. The van der Waals surface area contributed by atoms with E-state index < -0.39 is 0 Å². The summed E-state index contributed by atoms with van der Waals surface area (Å²) in [4.78, 5) is 0. The second-order valence-corrected chi connectivity index (χ2v) is 6.11. The lowest BCUT2D eigenvalue weighted by Gasteiger charge is -2.05. The van der Waals surface area contributed by atoms with Gasteiger partial charge >= 0.3 is 0 Å². The van der Waals surface area contributed by atoms with E-state index in [9.17, 15) is 0 Å². The van der Waals surface area contributed by atoms with Gasteiger partial charge in [-0.15, -0.1) is 0 Å². The Morgan fingerprint density at radius 3 is 2.47 bits per heavy atom. The van der Waals surface area contributed by atoms with Crippen molar-refractivity contribution in [3.8, 4) is 0 Å². The van der Waals surface area contributed by atoms with E-state index in [2.05, 4.69) is 51.8 Å². The predicted octanol–water partition coefficient (Wildman–Crippen LogP) is 4.46. The minimum absolute atomic E-state index is 0.984. The van der Waals surface area contributed by atoms with Gasteiger partial charge in [0.2, 0.25) is 0 Å². The van der Waals surface area contributed by atoms with Crippen LogP contribution in [0.3, 0.4) is 0 Å². The Balaban J connectivity index is 1.95. The fraction of sp³-hybridized carbons (Fsp3) is 0.571. The molecule has 0 saturated heterocycles. The van der Waals surface area contributed by atoms with E-state index in [0.29, 0.717) is 0 Å². The van der Waals surface area contributed by atoms with Crippen LogP contribution < -0.4 is 5.32 Å². The zero-order chi connectivity index (χ0) is 12.3. The lowest BCUT2D eigenvalue weighted by molar-refractivity contribution is 0.599. The van der Waals surface area contributed by atoms with Crippen LogP contribution in [-0.4, -0.2) is 18.6 Å². The molecule has 1 N–H and O–H groups in total. The zero-order valence-corrected chi connectivity index (χ0v) is 12.9. The molecule has 0 bridgehead atoms. The third-order valence-corrected chi connectivity index (χ3v) is 3.92. The van der Waals surface area contributed by atoms with Gasteiger partial charge in [-0.3, -0.25) is 0 Å². The Morgan fingerprint density at radius 1 is 1.06 bits per heavy atom. The molecule has 0 aromatic heterocycles. The molecule has 17 heavy (non-hydrogen) atoms. The first-order valence-electron chi connectivity index (χ1n) is 6.27. The minimum atomic E-state index is 0.984. The number of unbranched alkanes of at least 4 members (excludes halogenated alkanes) is 3. The number of hydrogen-bond acceptors (Lipinski definition) is 2. The summed E-state index contributed by atoms with van der Waals surface area (Å²) in [5.41, 5.74) is 1.36. The highest BCUT2D eigenvalue weighted by molar-refractivity contribution is 9.10. The van der Waals surface area contributed by atoms with Gasteiger partial charge in [-0.2, -0.15) is 11.8 Å². The van der Waals surface area contributed by atoms with Crippen molar-refractivity contribution in [1.29, 1.82) is 0 Å². The number of thioether (sulfide) groups is 1. The molecule has 0 fully saturated rings. The van der Waals surface area contributed by atoms with Gasteiger partial charge in [0, 0.05) is 11.0 Å². The van der Waals surface area contributed by atoms with Gasteiger partial charge in [0.1, 0.15) is 0 Å². The standard InChI is InChI=1S/C14H22BrNS/c1-17-11-5-3-2-4-10-16-12-13-6-8-14(15)9-7-13/h6-9,16H,2-5,10-12H2,1H3. The van der Waals surface area contributed by atoms with E-state index in [1.807, 2.05) is 11.8 Å². The SMILES string of the molecule is CSCCCCCCNCc1ccc(Br)cc1. The van der Waals surface area contributed by atoms with Crippen molar-refractivity contribution in [2.75, 3.05) is 18.6 Å². The second kappa shape index (κ2) is 9.98. The van der Waals surface area contributed by atoms with Crippen molar-refractivity contribution in [3.63, 3.8) is 0 Å². The second-order valence-electron chi connectivity index (χ2n) is 4.21. The molecule has 1 rings (SSSR count). The first kappa shape index (κ1) is 15.1. The van der Waals surface area contributed by atoms with Crippen LogP contribution in [0.5, 0.6) is 0 Å². The van der Waals surface area contributed by atoms with E-state index in [-0.39, 0.29) is 0 Å². The Labute approximate surface area is 118 Å². The van der Waals surface area contributed by atoms with Crippen LogP contribution in [0.25, 0.3) is 0 Å². The molecule has 0 heterocycles. The normalized spacial score (nSPS) is 10.7. The average Bonchev–Trinajstić information content (AvgIpc) is 2.35. The Kier molecular flexibility index (Phi) is 8.85. The fourth-order valence-corrected chi connectivity index (χ4v) is 2.44. The van der Waals surface area contributed by atoms with Crippen LogP contribution in [0, 0.1) is 0 Å². The molecule has 96 valence electrons. The summed E-state index contributed by atoms with van der Waals surface area (Å²) < 4.78 is 1.15. The molecule has 0 saturated carbocycles. The molecule has 0 spiro atoms. The smallest absolute Gasteiger partial charge is 0.0205 e. The van der Waals surface area contributed by atoms with Gasteiger partial charge in [0.05, 0.1) is 0 Å². The molecule has 1 nitrogen and oxygen atoms in total. The molecule has 0 atom stereocenters. The summed E-state index contributed by atoms with van der Waals surface area (Å²) in [5, 5.41) is 3.49. The predicted molar refractivity (Wildman–Crippen MR) is 82.7 cm³/mol. The summed E-state index contributed by atoms with van der Waals surface area (Å²) >= 11 is 5.40. The van der Waals surface area contributed by atoms with E-state index >= 15 is 0 Å². The number of rotatable bonds is 9. The molecule has 0 amide bonds. The van der Waals surface area contributed by atoms with Crippen molar-refractivity contribution in [2.24, 2.45) is 0 Å². The van der Waals surface area contributed by atoms with Crippen molar-refractivity contribution >= 4 is 27.7 Å². The minimum Gasteiger partial charge on any atom is -0.313 e. The molecule has 0 aliphatic rings. The first-order chi connectivity index (χ1) is 8.33. The van der Waals surface area contributed by atoms with Gasteiger partial charge in [0.15, 0.2) is 0 Å². The molecule has 1 aromatic carbocycles. The monoisotopic (exact) mass is 315 g/mol. The average molecular weight is 316 g/mol. The molecule has 3 heteroatoms. The number of hydrogen-bond donors (Lipinski definition) is 1. The van der Waals surface area contributed by atoms with Gasteiger partial charge in [-0.05, 0) is 49.1 Å². The van der Waals surface area contributed by atoms with Crippen molar-refractivity contribution < 1.29 is 0 Å². The van der Waals surface area contributed by atoms with Gasteiger partial charge in [-0.25, -0.2) is 0 Å². The van der Waals surface area contributed by atoms with Crippen LogP contribution in [0.1, 0.15) is 31.2 Å². The van der Waals surface area contributed by atoms with Crippen molar-refractivity contribution in [2.45, 2.75) is 32.2 Å². The quantitative estimate of drug-likeness (QED) is 0.675. The Morgan fingerprint density at radius 2 is 1.76 bits per heavy atom. The van der Waals surface area contributed by atoms with Crippen LogP contribution in [0.2, 0.25) is 0 Å². The summed E-state index contributed by atoms with van der Waals surface area (Å²) in [5.74, 6) is 1.31.